The fraction of sp³-hybridized carbons (Fsp3) is 0.107. The summed E-state index contributed by atoms with van der Waals surface area (Å²) in [7, 11) is 0. The Kier molecular flexibility index (Phi) is 5.46. The van der Waals surface area contributed by atoms with Gasteiger partial charge in [0.05, 0.1) is 16.6 Å². The van der Waals surface area contributed by atoms with E-state index in [-0.39, 0.29) is 5.69 Å². The van der Waals surface area contributed by atoms with Crippen molar-refractivity contribution in [2.24, 2.45) is 5.73 Å². The highest BCUT2D eigenvalue weighted by Gasteiger charge is 2.20. The largest absolute Gasteiger partial charge is 0.342 e. The molecule has 3 aromatic heterocycles. The fourth-order valence-electron chi connectivity index (χ4n) is 4.63. The molecule has 182 valence electrons. The zero-order chi connectivity index (χ0) is 25.5. The van der Waals surface area contributed by atoms with Crippen LogP contribution in [0.3, 0.4) is 0 Å². The number of carbonyl (C=O) groups excluding carboxylic acids is 1. The lowest BCUT2D eigenvalue weighted by molar-refractivity contribution is -0.141. The average Bonchev–Trinajstić information content (AvgIpc) is 3.27. The number of para-hydroxylation sites is 1. The zero-order valence-electron chi connectivity index (χ0n) is 20.0. The molecule has 0 aliphatic rings. The molecular weight excluding hydrogens is 468 g/mol. The van der Waals surface area contributed by atoms with Crippen LogP contribution in [0.5, 0.6) is 0 Å². The van der Waals surface area contributed by atoms with E-state index < -0.39 is 11.5 Å². The minimum atomic E-state index is -0.623. The Labute approximate surface area is 210 Å². The Bertz CT molecular complexity index is 1890. The Morgan fingerprint density at radius 2 is 1.68 bits per heavy atom. The van der Waals surface area contributed by atoms with Gasteiger partial charge in [-0.3, -0.25) is 14.8 Å². The number of rotatable bonds is 5. The lowest BCUT2D eigenvalue weighted by atomic mass is 10.1. The van der Waals surface area contributed by atoms with Gasteiger partial charge in [0.1, 0.15) is 11.2 Å². The molecular formula is C28H22N6O3. The van der Waals surface area contributed by atoms with Crippen LogP contribution in [0.15, 0.2) is 84.0 Å². The van der Waals surface area contributed by atoms with Crippen LogP contribution in [0.1, 0.15) is 18.1 Å². The second kappa shape index (κ2) is 8.96. The second-order valence-corrected chi connectivity index (χ2v) is 8.74. The van der Waals surface area contributed by atoms with Crippen LogP contribution < -0.4 is 16.1 Å². The van der Waals surface area contributed by atoms with E-state index in [0.29, 0.717) is 40.7 Å². The lowest BCUT2D eigenvalue weighted by Crippen LogP contribution is -2.31. The third-order valence-corrected chi connectivity index (χ3v) is 6.25. The number of benzene rings is 3. The maximum atomic E-state index is 13.7. The van der Waals surface area contributed by atoms with E-state index in [4.69, 9.17) is 15.6 Å². The molecule has 0 radical (unpaired) electrons. The van der Waals surface area contributed by atoms with Gasteiger partial charge in [-0.15, -0.1) is 4.73 Å². The molecule has 0 spiro atoms. The van der Waals surface area contributed by atoms with Crippen LogP contribution in [0, 0.1) is 0 Å². The summed E-state index contributed by atoms with van der Waals surface area (Å²) in [6.45, 7) is 2.29. The maximum absolute atomic E-state index is 13.7. The predicted molar refractivity (Wildman–Crippen MR) is 141 cm³/mol. The minimum Gasteiger partial charge on any atom is -0.342 e. The molecule has 0 saturated heterocycles. The first-order valence-corrected chi connectivity index (χ1v) is 11.7. The monoisotopic (exact) mass is 490 g/mol. The van der Waals surface area contributed by atoms with E-state index >= 15 is 0 Å². The Hall–Kier alpha value is -4.89. The number of hydrogen-bond acceptors (Lipinski definition) is 7. The predicted octanol–water partition coefficient (Wildman–Crippen LogP) is 3.44. The van der Waals surface area contributed by atoms with Crippen LogP contribution in [-0.4, -0.2) is 30.2 Å². The number of fused-ring (bicyclic) bond motifs is 3. The minimum absolute atomic E-state index is 0.169. The summed E-state index contributed by atoms with van der Waals surface area (Å²) in [6, 6.07) is 19.3. The van der Waals surface area contributed by atoms with Gasteiger partial charge in [0.25, 0.3) is 0 Å². The molecule has 0 unspecified atom stereocenters. The van der Waals surface area contributed by atoms with E-state index in [1.54, 1.807) is 24.5 Å². The van der Waals surface area contributed by atoms with Crippen LogP contribution in [0.4, 0.5) is 0 Å². The number of nitrogens with zero attached hydrogens (tertiary/aromatic N) is 5. The topological polar surface area (TPSA) is 118 Å². The Morgan fingerprint density at radius 3 is 2.46 bits per heavy atom. The molecule has 6 aromatic rings. The standard InChI is InChI=1S/C28H22N6O3/c1-17(35)37-34-26-13-23-22(30-9-10-31-23)12-24(26)32-27(28(34)36)21-16-33(25-8-3-2-7-20(21)25)15-19-6-4-5-18(11-19)14-29/h2-13,16H,14-15,29H2,1H3. The van der Waals surface area contributed by atoms with Crippen molar-refractivity contribution in [3.63, 3.8) is 0 Å². The van der Waals surface area contributed by atoms with Crippen molar-refractivity contribution in [1.82, 2.24) is 24.2 Å². The quantitative estimate of drug-likeness (QED) is 0.368. The molecule has 3 heterocycles. The van der Waals surface area contributed by atoms with Crippen LogP contribution in [0.2, 0.25) is 0 Å². The molecule has 9 heteroatoms. The van der Waals surface area contributed by atoms with E-state index in [2.05, 4.69) is 20.6 Å². The Morgan fingerprint density at radius 1 is 0.919 bits per heavy atom. The Balaban J connectivity index is 1.59. The molecule has 2 N–H and O–H groups in total. The van der Waals surface area contributed by atoms with Crippen molar-refractivity contribution in [2.75, 3.05) is 0 Å². The summed E-state index contributed by atoms with van der Waals surface area (Å²) < 4.78 is 3.07. The molecule has 0 bridgehead atoms. The summed E-state index contributed by atoms with van der Waals surface area (Å²) in [5, 5.41) is 0.858. The van der Waals surface area contributed by atoms with Crippen LogP contribution in [-0.2, 0) is 17.9 Å². The summed E-state index contributed by atoms with van der Waals surface area (Å²) >= 11 is 0. The zero-order valence-corrected chi connectivity index (χ0v) is 20.0. The summed E-state index contributed by atoms with van der Waals surface area (Å²) in [5.74, 6) is -0.623. The number of carbonyl (C=O) groups is 1. The van der Waals surface area contributed by atoms with Gasteiger partial charge in [-0.2, -0.15) is 0 Å². The number of aromatic nitrogens is 5. The van der Waals surface area contributed by atoms with Gasteiger partial charge in [-0.1, -0.05) is 42.5 Å². The van der Waals surface area contributed by atoms with Crippen molar-refractivity contribution >= 4 is 38.9 Å². The molecule has 0 aliphatic carbocycles. The van der Waals surface area contributed by atoms with E-state index in [9.17, 15) is 9.59 Å². The van der Waals surface area contributed by atoms with Crippen LogP contribution >= 0.6 is 0 Å². The first-order valence-electron chi connectivity index (χ1n) is 11.7. The van der Waals surface area contributed by atoms with Gasteiger partial charge in [0.2, 0.25) is 0 Å². The van der Waals surface area contributed by atoms with E-state index in [1.165, 1.54) is 6.92 Å². The fourth-order valence-corrected chi connectivity index (χ4v) is 4.63. The highest BCUT2D eigenvalue weighted by molar-refractivity contribution is 5.97. The lowest BCUT2D eigenvalue weighted by Gasteiger charge is -2.11. The van der Waals surface area contributed by atoms with Crippen molar-refractivity contribution in [1.29, 1.82) is 0 Å². The van der Waals surface area contributed by atoms with Crippen molar-refractivity contribution in [3.8, 4) is 11.3 Å². The molecule has 37 heavy (non-hydrogen) atoms. The van der Waals surface area contributed by atoms with Gasteiger partial charge < -0.3 is 15.1 Å². The molecule has 0 atom stereocenters. The summed E-state index contributed by atoms with van der Waals surface area (Å²) in [4.78, 5) is 44.4. The SMILES string of the molecule is CC(=O)On1c(=O)c(-c2cn(Cc3cccc(CN)c3)c3ccccc23)nc2cc3nccnc3cc21. The van der Waals surface area contributed by atoms with Gasteiger partial charge in [0, 0.05) is 55.1 Å². The van der Waals surface area contributed by atoms with Crippen molar-refractivity contribution in [3.05, 3.63) is 101 Å². The van der Waals surface area contributed by atoms with Crippen molar-refractivity contribution < 1.29 is 9.63 Å². The summed E-state index contributed by atoms with van der Waals surface area (Å²) in [6.07, 6.45) is 5.06. The molecule has 6 rings (SSSR count). The second-order valence-electron chi connectivity index (χ2n) is 8.74. The smallest absolute Gasteiger partial charge is 0.330 e. The summed E-state index contributed by atoms with van der Waals surface area (Å²) in [5.41, 5.74) is 11.1. The number of hydrogen-bond donors (Lipinski definition) is 1. The first-order chi connectivity index (χ1) is 18.0. The highest BCUT2D eigenvalue weighted by Crippen LogP contribution is 2.30. The van der Waals surface area contributed by atoms with Crippen molar-refractivity contribution in [2.45, 2.75) is 20.0 Å². The molecule has 0 saturated carbocycles. The highest BCUT2D eigenvalue weighted by atomic mass is 16.7. The van der Waals surface area contributed by atoms with Crippen LogP contribution in [0.25, 0.3) is 44.2 Å². The van der Waals surface area contributed by atoms with Gasteiger partial charge in [0.15, 0.2) is 0 Å². The maximum Gasteiger partial charge on any atom is 0.330 e. The molecule has 0 amide bonds. The first kappa shape index (κ1) is 22.6. The normalized spacial score (nSPS) is 11.4. The molecule has 3 aromatic carbocycles. The molecule has 9 nitrogen and oxygen atoms in total. The van der Waals surface area contributed by atoms with E-state index in [1.807, 2.05) is 48.7 Å². The van der Waals surface area contributed by atoms with Gasteiger partial charge in [-0.25, -0.2) is 9.78 Å². The third kappa shape index (κ3) is 4.01. The molecule has 0 fully saturated rings. The van der Waals surface area contributed by atoms with Gasteiger partial charge in [-0.05, 0) is 29.3 Å². The van der Waals surface area contributed by atoms with E-state index in [0.717, 1.165) is 26.8 Å². The molecule has 0 aliphatic heterocycles. The number of nitrogens with two attached hydrogens (primary N) is 1. The van der Waals surface area contributed by atoms with Gasteiger partial charge >= 0.3 is 11.5 Å². The average molecular weight is 491 g/mol. The third-order valence-electron chi connectivity index (χ3n) is 6.25.